The number of carbonyl (C=O) groups excluding carboxylic acids is 1. The molecule has 0 bridgehead atoms. The zero-order valence-corrected chi connectivity index (χ0v) is 8.50. The summed E-state index contributed by atoms with van der Waals surface area (Å²) in [6.45, 7) is 0. The van der Waals surface area contributed by atoms with Gasteiger partial charge in [0.05, 0.1) is 24.5 Å². The molecule has 1 rings (SSSR count). The quantitative estimate of drug-likeness (QED) is 0.560. The molecule has 0 unspecified atom stereocenters. The first-order valence-electron chi connectivity index (χ1n) is 3.96. The molecule has 72 valence electrons. The van der Waals surface area contributed by atoms with E-state index in [4.69, 9.17) is 5.26 Å². The van der Waals surface area contributed by atoms with Gasteiger partial charge in [0.15, 0.2) is 0 Å². The fourth-order valence-corrected chi connectivity index (χ4v) is 1.64. The summed E-state index contributed by atoms with van der Waals surface area (Å²) in [6, 6.07) is 9.15. The molecule has 0 atom stereocenters. The first-order valence-corrected chi connectivity index (χ1v) is 4.94. The van der Waals surface area contributed by atoms with Crippen LogP contribution >= 0.6 is 11.8 Å². The predicted molar refractivity (Wildman–Crippen MR) is 53.9 cm³/mol. The average molecular weight is 207 g/mol. The van der Waals surface area contributed by atoms with E-state index in [0.717, 1.165) is 4.90 Å². The lowest BCUT2D eigenvalue weighted by Gasteiger charge is -2.00. The van der Waals surface area contributed by atoms with E-state index in [1.54, 1.807) is 18.2 Å². The van der Waals surface area contributed by atoms with E-state index in [2.05, 4.69) is 4.74 Å². The maximum Gasteiger partial charge on any atom is 0.315 e. The van der Waals surface area contributed by atoms with Crippen LogP contribution in [0.4, 0.5) is 0 Å². The van der Waals surface area contributed by atoms with Crippen molar-refractivity contribution < 1.29 is 9.53 Å². The van der Waals surface area contributed by atoms with Gasteiger partial charge in [0.2, 0.25) is 0 Å². The molecule has 0 aliphatic rings. The van der Waals surface area contributed by atoms with Gasteiger partial charge in [0.1, 0.15) is 0 Å². The Morgan fingerprint density at radius 2 is 2.43 bits per heavy atom. The van der Waals surface area contributed by atoms with Crippen LogP contribution in [-0.2, 0) is 9.53 Å². The standard InChI is InChI=1S/C10H9NO2S/c1-13-10(12)7-14-9-4-2-3-8(5-9)6-11/h2-5H,7H2,1H3. The van der Waals surface area contributed by atoms with Crippen molar-refractivity contribution in [2.75, 3.05) is 12.9 Å². The number of hydrogen-bond donors (Lipinski definition) is 0. The van der Waals surface area contributed by atoms with Crippen LogP contribution in [0, 0.1) is 11.3 Å². The summed E-state index contributed by atoms with van der Waals surface area (Å²) in [5.41, 5.74) is 0.597. The van der Waals surface area contributed by atoms with Crippen molar-refractivity contribution in [3.63, 3.8) is 0 Å². The van der Waals surface area contributed by atoms with Gasteiger partial charge >= 0.3 is 5.97 Å². The molecule has 0 N–H and O–H groups in total. The molecule has 0 amide bonds. The third-order valence-electron chi connectivity index (χ3n) is 1.55. The Labute approximate surface area is 86.7 Å². The molecule has 0 spiro atoms. The number of ether oxygens (including phenoxy) is 1. The summed E-state index contributed by atoms with van der Waals surface area (Å²) >= 11 is 1.36. The second kappa shape index (κ2) is 5.30. The van der Waals surface area contributed by atoms with Gasteiger partial charge in [-0.3, -0.25) is 4.79 Å². The SMILES string of the molecule is COC(=O)CSc1cccc(C#N)c1. The van der Waals surface area contributed by atoms with Crippen LogP contribution in [0.15, 0.2) is 29.2 Å². The van der Waals surface area contributed by atoms with Crippen molar-refractivity contribution in [3.8, 4) is 6.07 Å². The number of nitrogens with zero attached hydrogens (tertiary/aromatic N) is 1. The van der Waals surface area contributed by atoms with Crippen molar-refractivity contribution >= 4 is 17.7 Å². The van der Waals surface area contributed by atoms with Crippen LogP contribution in [-0.4, -0.2) is 18.8 Å². The second-order valence-electron chi connectivity index (χ2n) is 2.50. The predicted octanol–water partition coefficient (Wildman–Crippen LogP) is 1.82. The smallest absolute Gasteiger partial charge is 0.315 e. The van der Waals surface area contributed by atoms with Gasteiger partial charge < -0.3 is 4.74 Å². The Bertz CT molecular complexity index is 371. The number of nitriles is 1. The summed E-state index contributed by atoms with van der Waals surface area (Å²) in [5.74, 6) is 0.00290. The van der Waals surface area contributed by atoms with Gasteiger partial charge in [0.25, 0.3) is 0 Å². The third-order valence-corrected chi connectivity index (χ3v) is 2.51. The minimum atomic E-state index is -0.266. The highest BCUT2D eigenvalue weighted by Crippen LogP contribution is 2.18. The van der Waals surface area contributed by atoms with Crippen LogP contribution in [0.1, 0.15) is 5.56 Å². The number of esters is 1. The van der Waals surface area contributed by atoms with E-state index in [1.807, 2.05) is 12.1 Å². The topological polar surface area (TPSA) is 50.1 Å². The third kappa shape index (κ3) is 3.11. The fourth-order valence-electron chi connectivity index (χ4n) is 0.857. The van der Waals surface area contributed by atoms with E-state index in [9.17, 15) is 4.79 Å². The van der Waals surface area contributed by atoms with Crippen LogP contribution in [0.3, 0.4) is 0 Å². The average Bonchev–Trinajstić information content (AvgIpc) is 2.26. The van der Waals surface area contributed by atoms with Crippen molar-refractivity contribution in [3.05, 3.63) is 29.8 Å². The highest BCUT2D eigenvalue weighted by Gasteiger charge is 2.02. The van der Waals surface area contributed by atoms with Crippen molar-refractivity contribution in [1.82, 2.24) is 0 Å². The molecule has 0 heterocycles. The van der Waals surface area contributed by atoms with Crippen molar-refractivity contribution in [2.45, 2.75) is 4.90 Å². The molecule has 14 heavy (non-hydrogen) atoms. The maximum atomic E-state index is 10.8. The Morgan fingerprint density at radius 3 is 3.07 bits per heavy atom. The van der Waals surface area contributed by atoms with Gasteiger partial charge in [0, 0.05) is 4.90 Å². The number of thioether (sulfide) groups is 1. The molecule has 0 aromatic heterocycles. The molecule has 3 nitrogen and oxygen atoms in total. The number of carbonyl (C=O) groups is 1. The number of methoxy groups -OCH3 is 1. The van der Waals surface area contributed by atoms with Gasteiger partial charge in [-0.25, -0.2) is 0 Å². The highest BCUT2D eigenvalue weighted by molar-refractivity contribution is 8.00. The molecule has 0 saturated carbocycles. The van der Waals surface area contributed by atoms with E-state index >= 15 is 0 Å². The Balaban J connectivity index is 2.60. The van der Waals surface area contributed by atoms with Crippen molar-refractivity contribution in [2.24, 2.45) is 0 Å². The van der Waals surface area contributed by atoms with E-state index in [-0.39, 0.29) is 11.7 Å². The fraction of sp³-hybridized carbons (Fsp3) is 0.200. The number of rotatable bonds is 3. The first kappa shape index (κ1) is 10.6. The summed E-state index contributed by atoms with van der Waals surface area (Å²) < 4.78 is 4.50. The maximum absolute atomic E-state index is 10.8. The lowest BCUT2D eigenvalue weighted by atomic mass is 10.2. The minimum Gasteiger partial charge on any atom is -0.468 e. The Kier molecular flexibility index (Phi) is 4.02. The zero-order valence-electron chi connectivity index (χ0n) is 7.69. The van der Waals surface area contributed by atoms with Gasteiger partial charge in [-0.05, 0) is 18.2 Å². The number of benzene rings is 1. The number of hydrogen-bond acceptors (Lipinski definition) is 4. The van der Waals surface area contributed by atoms with Gasteiger partial charge in [-0.15, -0.1) is 11.8 Å². The molecule has 0 radical (unpaired) electrons. The van der Waals surface area contributed by atoms with E-state index < -0.39 is 0 Å². The highest BCUT2D eigenvalue weighted by atomic mass is 32.2. The molecular formula is C10H9NO2S. The van der Waals surface area contributed by atoms with Crippen LogP contribution in [0.2, 0.25) is 0 Å². The Morgan fingerprint density at radius 1 is 1.64 bits per heavy atom. The summed E-state index contributed by atoms with van der Waals surface area (Å²) in [7, 11) is 1.36. The zero-order chi connectivity index (χ0) is 10.4. The molecule has 0 aliphatic heterocycles. The largest absolute Gasteiger partial charge is 0.468 e. The van der Waals surface area contributed by atoms with Gasteiger partial charge in [-0.1, -0.05) is 6.07 Å². The molecule has 0 aliphatic carbocycles. The first-order chi connectivity index (χ1) is 6.76. The Hall–Kier alpha value is -1.47. The minimum absolute atomic E-state index is 0.266. The van der Waals surface area contributed by atoms with Crippen molar-refractivity contribution in [1.29, 1.82) is 5.26 Å². The van der Waals surface area contributed by atoms with Crippen LogP contribution < -0.4 is 0 Å². The van der Waals surface area contributed by atoms with Crippen LogP contribution in [0.5, 0.6) is 0 Å². The molecule has 4 heteroatoms. The lowest BCUT2D eigenvalue weighted by molar-refractivity contribution is -0.137. The molecular weight excluding hydrogens is 198 g/mol. The normalized spacial score (nSPS) is 9.14. The monoisotopic (exact) mass is 207 g/mol. The molecule has 0 fully saturated rings. The van der Waals surface area contributed by atoms with E-state index in [1.165, 1.54) is 18.9 Å². The van der Waals surface area contributed by atoms with E-state index in [0.29, 0.717) is 5.56 Å². The molecule has 1 aromatic carbocycles. The van der Waals surface area contributed by atoms with Gasteiger partial charge in [-0.2, -0.15) is 5.26 Å². The summed E-state index contributed by atoms with van der Waals surface area (Å²) in [5, 5.41) is 8.63. The second-order valence-corrected chi connectivity index (χ2v) is 3.55. The lowest BCUT2D eigenvalue weighted by Crippen LogP contribution is -2.02. The summed E-state index contributed by atoms with van der Waals surface area (Å²) in [4.78, 5) is 11.7. The molecule has 0 saturated heterocycles. The van der Waals surface area contributed by atoms with Crippen LogP contribution in [0.25, 0.3) is 0 Å². The summed E-state index contributed by atoms with van der Waals surface area (Å²) in [6.07, 6.45) is 0. The molecule has 1 aromatic rings.